The number of anilines is 1. The molecule has 0 radical (unpaired) electrons. The minimum absolute atomic E-state index is 0.00357. The highest BCUT2D eigenvalue weighted by Crippen LogP contribution is 2.36. The second-order valence-corrected chi connectivity index (χ2v) is 13.4. The molecule has 1 saturated carbocycles. The fraction of sp³-hybridized carbons (Fsp3) is 0.481. The molecular formula is C27H30ClF5N8O4S. The van der Waals surface area contributed by atoms with E-state index in [0.717, 1.165) is 23.4 Å². The van der Waals surface area contributed by atoms with Crippen molar-refractivity contribution in [1.82, 2.24) is 28.5 Å². The van der Waals surface area contributed by atoms with Gasteiger partial charge in [-0.15, -0.1) is 0 Å². The molecule has 2 aliphatic rings. The molecule has 2 aromatic heterocycles. The molecule has 3 aromatic rings. The lowest BCUT2D eigenvalue weighted by Crippen LogP contribution is -2.51. The number of rotatable bonds is 8. The number of nitrogens with two attached hydrogens (primary N) is 1. The Morgan fingerprint density at radius 1 is 1.15 bits per heavy atom. The van der Waals surface area contributed by atoms with Crippen LogP contribution in [0, 0.1) is 5.92 Å². The smallest absolute Gasteiger partial charge is 0.340 e. The van der Waals surface area contributed by atoms with Crippen LogP contribution in [0.2, 0.25) is 5.02 Å². The van der Waals surface area contributed by atoms with Crippen molar-refractivity contribution < 1.29 is 40.0 Å². The zero-order valence-corrected chi connectivity index (χ0v) is 25.9. The second kappa shape index (κ2) is 12.9. The van der Waals surface area contributed by atoms with Crippen molar-refractivity contribution in [3.05, 3.63) is 47.1 Å². The molecule has 2 amide bonds. The van der Waals surface area contributed by atoms with Gasteiger partial charge in [-0.1, -0.05) is 11.6 Å². The van der Waals surface area contributed by atoms with Crippen molar-refractivity contribution in [1.29, 1.82) is 0 Å². The number of piperazine rings is 1. The lowest BCUT2D eigenvalue weighted by molar-refractivity contribution is -0.141. The number of alkyl halides is 5. The van der Waals surface area contributed by atoms with Crippen LogP contribution < -0.4 is 11.1 Å². The molecule has 250 valence electrons. The molecule has 0 bridgehead atoms. The highest BCUT2D eigenvalue weighted by Gasteiger charge is 2.39. The third-order valence-electron chi connectivity index (χ3n) is 8.00. The van der Waals surface area contributed by atoms with E-state index in [1.807, 2.05) is 0 Å². The summed E-state index contributed by atoms with van der Waals surface area (Å²) in [5.74, 6) is -1.37. The first-order valence-corrected chi connectivity index (χ1v) is 16.0. The standard InChI is InChI=1S/C27H30ClF5N8O4S/c1-38-20(18-13-40(14-22(29)30)37-23(18)27(31,32)33)12-35-24(38)25(42)36-17-4-5-21(19(28)11-17)46(44,45)41-8-6-39(7-9-41)26(43)15-2-3-16(34)10-15/h4-5,11-13,15-16,22H,2-3,6-10,14,34H2,1H3,(H,36,42)/t15-,16+/m0/s1. The van der Waals surface area contributed by atoms with Crippen molar-refractivity contribution in [2.24, 2.45) is 18.7 Å². The quantitative estimate of drug-likeness (QED) is 0.344. The molecule has 2 atom stereocenters. The molecule has 2 fully saturated rings. The Morgan fingerprint density at radius 2 is 1.85 bits per heavy atom. The average molecular weight is 693 g/mol. The lowest BCUT2D eigenvalue weighted by Gasteiger charge is -2.35. The summed E-state index contributed by atoms with van der Waals surface area (Å²) in [4.78, 5) is 31.1. The van der Waals surface area contributed by atoms with Crippen LogP contribution >= 0.6 is 11.6 Å². The average Bonchev–Trinajstić information content (AvgIpc) is 3.70. The van der Waals surface area contributed by atoms with Gasteiger partial charge in [-0.2, -0.15) is 22.6 Å². The van der Waals surface area contributed by atoms with Gasteiger partial charge >= 0.3 is 6.18 Å². The number of nitrogens with one attached hydrogen (secondary N) is 1. The van der Waals surface area contributed by atoms with Gasteiger partial charge in [0.05, 0.1) is 22.5 Å². The number of nitrogens with zero attached hydrogens (tertiary/aromatic N) is 6. The van der Waals surface area contributed by atoms with E-state index in [9.17, 15) is 40.0 Å². The number of aromatic nitrogens is 4. The highest BCUT2D eigenvalue weighted by molar-refractivity contribution is 7.89. The molecule has 1 aliphatic heterocycles. The summed E-state index contributed by atoms with van der Waals surface area (Å²) in [7, 11) is -2.79. The van der Waals surface area contributed by atoms with Gasteiger partial charge in [0, 0.05) is 57.1 Å². The minimum Gasteiger partial charge on any atom is -0.340 e. The first kappa shape index (κ1) is 33.7. The van der Waals surface area contributed by atoms with Gasteiger partial charge in [0.2, 0.25) is 15.9 Å². The van der Waals surface area contributed by atoms with Crippen molar-refractivity contribution >= 4 is 39.1 Å². The van der Waals surface area contributed by atoms with E-state index in [4.69, 9.17) is 17.3 Å². The fourth-order valence-electron chi connectivity index (χ4n) is 5.69. The van der Waals surface area contributed by atoms with E-state index in [2.05, 4.69) is 15.4 Å². The van der Waals surface area contributed by atoms with Crippen LogP contribution in [0.5, 0.6) is 0 Å². The van der Waals surface area contributed by atoms with E-state index in [1.54, 1.807) is 4.90 Å². The van der Waals surface area contributed by atoms with Crippen LogP contribution in [-0.2, 0) is 34.6 Å². The molecule has 1 saturated heterocycles. The second-order valence-electron chi connectivity index (χ2n) is 11.1. The van der Waals surface area contributed by atoms with Crippen molar-refractivity contribution in [3.63, 3.8) is 0 Å². The Balaban J connectivity index is 1.27. The normalized spacial score (nSPS) is 19.6. The van der Waals surface area contributed by atoms with Crippen molar-refractivity contribution in [2.45, 2.75) is 49.3 Å². The predicted molar refractivity (Wildman–Crippen MR) is 155 cm³/mol. The van der Waals surface area contributed by atoms with Crippen LogP contribution in [0.1, 0.15) is 35.6 Å². The number of carbonyl (C=O) groups is 2. The van der Waals surface area contributed by atoms with Crippen LogP contribution in [0.3, 0.4) is 0 Å². The first-order chi connectivity index (χ1) is 21.6. The molecule has 0 spiro atoms. The molecule has 3 N–H and O–H groups in total. The third kappa shape index (κ3) is 6.89. The summed E-state index contributed by atoms with van der Waals surface area (Å²) in [5.41, 5.74) is 3.83. The van der Waals surface area contributed by atoms with E-state index >= 15 is 0 Å². The Hall–Kier alpha value is -3.61. The molecule has 46 heavy (non-hydrogen) atoms. The maximum absolute atomic E-state index is 13.6. The molecule has 1 aliphatic carbocycles. The molecule has 5 rings (SSSR count). The largest absolute Gasteiger partial charge is 0.435 e. The molecule has 19 heteroatoms. The summed E-state index contributed by atoms with van der Waals surface area (Å²) in [6, 6.07) is 3.70. The van der Waals surface area contributed by atoms with Gasteiger partial charge in [0.1, 0.15) is 11.4 Å². The molecular weight excluding hydrogens is 663 g/mol. The number of hydrogen-bond acceptors (Lipinski definition) is 7. The van der Waals surface area contributed by atoms with Gasteiger partial charge < -0.3 is 20.5 Å². The van der Waals surface area contributed by atoms with Gasteiger partial charge in [-0.05, 0) is 37.5 Å². The molecule has 12 nitrogen and oxygen atoms in total. The van der Waals surface area contributed by atoms with Crippen LogP contribution in [0.25, 0.3) is 11.3 Å². The number of sulfonamides is 1. The van der Waals surface area contributed by atoms with Gasteiger partial charge in [0.25, 0.3) is 12.3 Å². The monoisotopic (exact) mass is 692 g/mol. The Labute approximate surface area is 265 Å². The summed E-state index contributed by atoms with van der Waals surface area (Å²) in [5, 5.41) is 5.52. The van der Waals surface area contributed by atoms with E-state index < -0.39 is 46.3 Å². The van der Waals surface area contributed by atoms with Gasteiger partial charge in [-0.25, -0.2) is 22.2 Å². The number of imidazole rings is 1. The number of benzene rings is 1. The Morgan fingerprint density at radius 3 is 2.43 bits per heavy atom. The van der Waals surface area contributed by atoms with E-state index in [0.29, 0.717) is 17.5 Å². The Bertz CT molecular complexity index is 1740. The zero-order valence-electron chi connectivity index (χ0n) is 24.3. The minimum atomic E-state index is -4.97. The summed E-state index contributed by atoms with van der Waals surface area (Å²) in [6.45, 7) is -0.482. The first-order valence-electron chi connectivity index (χ1n) is 14.2. The predicted octanol–water partition coefficient (Wildman–Crippen LogP) is 3.43. The van der Waals surface area contributed by atoms with Crippen molar-refractivity contribution in [3.8, 4) is 11.3 Å². The number of amides is 2. The zero-order chi connectivity index (χ0) is 33.6. The molecule has 1 aromatic carbocycles. The molecule has 0 unspecified atom stereocenters. The number of halogens is 6. The van der Waals surface area contributed by atoms with Crippen LogP contribution in [0.4, 0.5) is 27.6 Å². The summed E-state index contributed by atoms with van der Waals surface area (Å²) < 4.78 is 95.9. The maximum atomic E-state index is 13.6. The summed E-state index contributed by atoms with van der Waals surface area (Å²) in [6.07, 6.45) is -4.02. The fourth-order valence-corrected chi connectivity index (χ4v) is 7.63. The highest BCUT2D eigenvalue weighted by atomic mass is 35.5. The maximum Gasteiger partial charge on any atom is 0.435 e. The summed E-state index contributed by atoms with van der Waals surface area (Å²) >= 11 is 6.33. The van der Waals surface area contributed by atoms with E-state index in [1.165, 1.54) is 29.6 Å². The Kier molecular flexibility index (Phi) is 9.45. The lowest BCUT2D eigenvalue weighted by atomic mass is 10.1. The van der Waals surface area contributed by atoms with Gasteiger partial charge in [0.15, 0.2) is 11.5 Å². The number of hydrogen-bond donors (Lipinski definition) is 2. The number of carbonyl (C=O) groups excluding carboxylic acids is 2. The molecule has 3 heterocycles. The third-order valence-corrected chi connectivity index (χ3v) is 10.4. The van der Waals surface area contributed by atoms with E-state index in [-0.39, 0.29) is 71.2 Å². The SMILES string of the molecule is Cn1c(-c2cn(CC(F)F)nc2C(F)(F)F)cnc1C(=O)Nc1ccc(S(=O)(=O)N2CCN(C(=O)[C@H]3CC[C@@H](N)C3)CC2)c(Cl)c1. The van der Waals surface area contributed by atoms with Gasteiger partial charge in [-0.3, -0.25) is 14.3 Å². The topological polar surface area (TPSA) is 148 Å². The van der Waals surface area contributed by atoms with Crippen LogP contribution in [-0.4, -0.2) is 87.4 Å². The van der Waals surface area contributed by atoms with Crippen LogP contribution in [0.15, 0.2) is 35.5 Å². The van der Waals surface area contributed by atoms with Crippen molar-refractivity contribution in [2.75, 3.05) is 31.5 Å².